The first-order valence-electron chi connectivity index (χ1n) is 12.3. The maximum atomic E-state index is 13.9. The SMILES string of the molecule is C=CCOc1ccc(C2C(C(=O)OCCOC)=C(C)N=c3s/c(=C\c4ccc(O)c(OC)c4)c(=O)n32)cc1OC. The zero-order valence-corrected chi connectivity index (χ0v) is 23.4. The number of nitrogens with zero attached hydrogens (tertiary/aromatic N) is 2. The van der Waals surface area contributed by atoms with E-state index >= 15 is 0 Å². The largest absolute Gasteiger partial charge is 0.504 e. The van der Waals surface area contributed by atoms with Crippen LogP contribution in [0.3, 0.4) is 0 Å². The van der Waals surface area contributed by atoms with E-state index in [1.165, 1.54) is 43.3 Å². The fourth-order valence-electron chi connectivity index (χ4n) is 4.25. The number of rotatable bonds is 11. The highest BCUT2D eigenvalue weighted by molar-refractivity contribution is 7.07. The third-order valence-corrected chi connectivity index (χ3v) is 7.11. The zero-order valence-electron chi connectivity index (χ0n) is 22.6. The third kappa shape index (κ3) is 5.80. The summed E-state index contributed by atoms with van der Waals surface area (Å²) in [6, 6.07) is 9.17. The van der Waals surface area contributed by atoms with Crippen LogP contribution in [0.5, 0.6) is 23.0 Å². The van der Waals surface area contributed by atoms with Gasteiger partial charge in [0.25, 0.3) is 5.56 Å². The first-order valence-corrected chi connectivity index (χ1v) is 13.1. The third-order valence-electron chi connectivity index (χ3n) is 6.12. The monoisotopic (exact) mass is 566 g/mol. The molecule has 0 bridgehead atoms. The fraction of sp³-hybridized carbons (Fsp3) is 0.276. The molecule has 0 fully saturated rings. The van der Waals surface area contributed by atoms with Crippen LogP contribution in [0.4, 0.5) is 0 Å². The standard InChI is InChI=1S/C29H30N2O8S/c1-6-11-38-21-10-8-19(16-23(21)37-5)26-25(28(34)39-13-12-35-3)17(2)30-29-31(26)27(33)24(40-29)15-18-7-9-20(32)22(14-18)36-4/h6-10,14-16,26,32H,1,11-13H2,2-5H3/b24-15-. The van der Waals surface area contributed by atoms with Gasteiger partial charge in [0, 0.05) is 7.11 Å². The minimum Gasteiger partial charge on any atom is -0.504 e. The summed E-state index contributed by atoms with van der Waals surface area (Å²) >= 11 is 1.19. The molecule has 0 radical (unpaired) electrons. The molecule has 1 atom stereocenters. The Morgan fingerprint density at radius 2 is 1.88 bits per heavy atom. The van der Waals surface area contributed by atoms with Gasteiger partial charge in [-0.1, -0.05) is 36.1 Å². The van der Waals surface area contributed by atoms with Crippen LogP contribution in [0.25, 0.3) is 6.08 Å². The van der Waals surface area contributed by atoms with Crippen molar-refractivity contribution in [1.82, 2.24) is 4.57 Å². The number of allylic oxidation sites excluding steroid dienone is 1. The van der Waals surface area contributed by atoms with E-state index in [1.807, 2.05) is 0 Å². The number of fused-ring (bicyclic) bond motifs is 1. The molecule has 0 amide bonds. The average Bonchev–Trinajstić information content (AvgIpc) is 3.25. The summed E-state index contributed by atoms with van der Waals surface area (Å²) in [6.07, 6.45) is 3.31. The minimum atomic E-state index is -0.842. The predicted octanol–water partition coefficient (Wildman–Crippen LogP) is 2.71. The second-order valence-electron chi connectivity index (χ2n) is 8.65. The summed E-state index contributed by atoms with van der Waals surface area (Å²) in [5.41, 5.74) is 1.56. The molecule has 1 aromatic heterocycles. The maximum Gasteiger partial charge on any atom is 0.338 e. The van der Waals surface area contributed by atoms with Crippen molar-refractivity contribution in [3.8, 4) is 23.0 Å². The van der Waals surface area contributed by atoms with Gasteiger partial charge in [0.1, 0.15) is 13.2 Å². The van der Waals surface area contributed by atoms with Crippen LogP contribution in [0.15, 0.2) is 70.1 Å². The van der Waals surface area contributed by atoms with Gasteiger partial charge >= 0.3 is 5.97 Å². The van der Waals surface area contributed by atoms with Crippen molar-refractivity contribution in [1.29, 1.82) is 0 Å². The van der Waals surface area contributed by atoms with Gasteiger partial charge in [-0.25, -0.2) is 9.79 Å². The maximum absolute atomic E-state index is 13.9. The van der Waals surface area contributed by atoms with Gasteiger partial charge < -0.3 is 28.8 Å². The number of esters is 1. The van der Waals surface area contributed by atoms with Gasteiger partial charge in [-0.05, 0) is 48.4 Å². The van der Waals surface area contributed by atoms with Crippen LogP contribution >= 0.6 is 11.3 Å². The number of aromatic hydroxyl groups is 1. The Hall–Kier alpha value is -4.35. The van der Waals surface area contributed by atoms with E-state index in [9.17, 15) is 14.7 Å². The second-order valence-corrected chi connectivity index (χ2v) is 9.66. The highest BCUT2D eigenvalue weighted by Gasteiger charge is 2.34. The number of ether oxygens (including phenoxy) is 5. The van der Waals surface area contributed by atoms with Crippen LogP contribution in [0, 0.1) is 0 Å². The van der Waals surface area contributed by atoms with E-state index in [4.69, 9.17) is 23.7 Å². The van der Waals surface area contributed by atoms with Crippen LogP contribution in [-0.2, 0) is 14.3 Å². The molecular formula is C29H30N2O8S. The summed E-state index contributed by atoms with van der Waals surface area (Å²) in [7, 11) is 4.47. The normalized spacial score (nSPS) is 14.8. The molecule has 2 heterocycles. The molecule has 10 nitrogen and oxygen atoms in total. The van der Waals surface area contributed by atoms with Gasteiger partial charge in [0.15, 0.2) is 27.8 Å². The minimum absolute atomic E-state index is 0.0113. The molecule has 0 saturated carbocycles. The molecule has 1 N–H and O–H groups in total. The molecule has 1 unspecified atom stereocenters. The Labute approximate surface area is 234 Å². The van der Waals surface area contributed by atoms with Crippen molar-refractivity contribution in [2.75, 3.05) is 41.2 Å². The quantitative estimate of drug-likeness (QED) is 0.214. The van der Waals surface area contributed by atoms with E-state index < -0.39 is 12.0 Å². The summed E-state index contributed by atoms with van der Waals surface area (Å²) in [5, 5.41) is 9.95. The lowest BCUT2D eigenvalue weighted by molar-refractivity contribution is -0.140. The Bertz CT molecular complexity index is 1640. The molecule has 210 valence electrons. The molecule has 0 aliphatic carbocycles. The molecular weight excluding hydrogens is 536 g/mol. The molecule has 11 heteroatoms. The number of aromatic nitrogens is 1. The molecule has 0 spiro atoms. The first kappa shape index (κ1) is 28.7. The topological polar surface area (TPSA) is 118 Å². The summed E-state index contributed by atoms with van der Waals surface area (Å²) < 4.78 is 28.8. The van der Waals surface area contributed by atoms with Gasteiger partial charge in [-0.3, -0.25) is 9.36 Å². The molecule has 1 aliphatic rings. The van der Waals surface area contributed by atoms with Gasteiger partial charge in [0.05, 0.1) is 42.7 Å². The number of carbonyl (C=O) groups excluding carboxylic acids is 1. The van der Waals surface area contributed by atoms with E-state index in [1.54, 1.807) is 49.4 Å². The van der Waals surface area contributed by atoms with Crippen molar-refractivity contribution in [2.24, 2.45) is 4.99 Å². The van der Waals surface area contributed by atoms with E-state index in [0.717, 1.165) is 0 Å². The van der Waals surface area contributed by atoms with Crippen molar-refractivity contribution in [3.63, 3.8) is 0 Å². The summed E-state index contributed by atoms with van der Waals surface area (Å²) in [4.78, 5) is 32.2. The van der Waals surface area contributed by atoms with Crippen molar-refractivity contribution >= 4 is 23.4 Å². The molecule has 0 saturated heterocycles. The van der Waals surface area contributed by atoms with Crippen molar-refractivity contribution in [3.05, 3.63) is 91.1 Å². The lowest BCUT2D eigenvalue weighted by atomic mass is 9.95. The number of benzene rings is 2. The van der Waals surface area contributed by atoms with Crippen molar-refractivity contribution < 1.29 is 33.6 Å². The highest BCUT2D eigenvalue weighted by atomic mass is 32.1. The van der Waals surface area contributed by atoms with Gasteiger partial charge in [-0.2, -0.15) is 0 Å². The average molecular weight is 567 g/mol. The molecule has 2 aromatic carbocycles. The van der Waals surface area contributed by atoms with Crippen molar-refractivity contribution in [2.45, 2.75) is 13.0 Å². The van der Waals surface area contributed by atoms with Gasteiger partial charge in [-0.15, -0.1) is 0 Å². The molecule has 1 aliphatic heterocycles. The van der Waals surface area contributed by atoms with Gasteiger partial charge in [0.2, 0.25) is 0 Å². The van der Waals surface area contributed by atoms with Crippen LogP contribution < -0.4 is 29.1 Å². The summed E-state index contributed by atoms with van der Waals surface area (Å²) in [5.74, 6) is 0.584. The summed E-state index contributed by atoms with van der Waals surface area (Å²) in [6.45, 7) is 5.93. The number of carbonyl (C=O) groups is 1. The first-order chi connectivity index (χ1) is 19.3. The number of phenols is 1. The van der Waals surface area contributed by atoms with Crippen LogP contribution in [0.2, 0.25) is 0 Å². The van der Waals surface area contributed by atoms with E-state index in [0.29, 0.717) is 37.7 Å². The molecule has 4 rings (SSSR count). The zero-order chi connectivity index (χ0) is 28.8. The van der Waals surface area contributed by atoms with E-state index in [2.05, 4.69) is 11.6 Å². The van der Waals surface area contributed by atoms with E-state index in [-0.39, 0.29) is 42.5 Å². The van der Waals surface area contributed by atoms with Crippen LogP contribution in [-0.4, -0.2) is 56.8 Å². The van der Waals surface area contributed by atoms with Crippen LogP contribution in [0.1, 0.15) is 24.1 Å². The number of methoxy groups -OCH3 is 3. The number of thiazole rings is 1. The Balaban J connectivity index is 1.90. The predicted molar refractivity (Wildman–Crippen MR) is 150 cm³/mol. The molecule has 40 heavy (non-hydrogen) atoms. The molecule has 3 aromatic rings. The number of phenolic OH excluding ortho intramolecular Hbond substituents is 1. The second kappa shape index (κ2) is 12.7. The Kier molecular flexibility index (Phi) is 9.08. The number of hydrogen-bond acceptors (Lipinski definition) is 10. The lowest BCUT2D eigenvalue weighted by Gasteiger charge is -2.25. The highest BCUT2D eigenvalue weighted by Crippen LogP contribution is 2.36. The smallest absolute Gasteiger partial charge is 0.338 e. The Morgan fingerprint density at radius 3 is 2.58 bits per heavy atom. The Morgan fingerprint density at radius 1 is 1.10 bits per heavy atom. The lowest BCUT2D eigenvalue weighted by Crippen LogP contribution is -2.40. The fourth-order valence-corrected chi connectivity index (χ4v) is 5.30. The number of hydrogen-bond donors (Lipinski definition) is 1.